The zero-order valence-corrected chi connectivity index (χ0v) is 28.5. The molecule has 0 aromatic carbocycles. The van der Waals surface area contributed by atoms with E-state index in [0.717, 1.165) is 38.4 Å². The standard InChI is InChI=1S/C32H52N4O8S/c1-8-9-16-22(26(37)28(39)33-17-13-18-45(7,42)43)34-27(38)25-23-21(32(23,5)6)19-36(25)29(40)24(20-14-11-10-12-15-20)35-30(41)44-31(2,3)4/h8,20-25H,1,9-19H2,2-7H3,(H,33,39)(H,34,38)(H,35,41)/t21-,22?,23-,24-,25-/m0/s1. The van der Waals surface area contributed by atoms with E-state index in [1.165, 1.54) is 0 Å². The predicted molar refractivity (Wildman–Crippen MR) is 170 cm³/mol. The molecule has 0 aromatic heterocycles. The molecule has 2 aliphatic carbocycles. The molecule has 1 saturated heterocycles. The molecule has 0 spiro atoms. The third-order valence-electron chi connectivity index (χ3n) is 9.31. The van der Waals surface area contributed by atoms with Crippen molar-refractivity contribution in [3.63, 3.8) is 0 Å². The summed E-state index contributed by atoms with van der Waals surface area (Å²) < 4.78 is 28.2. The molecule has 3 aliphatic rings. The number of likely N-dealkylation sites (tertiary alicyclic amines) is 1. The lowest BCUT2D eigenvalue weighted by atomic mass is 9.83. The van der Waals surface area contributed by atoms with Gasteiger partial charge in [-0.25, -0.2) is 13.2 Å². The van der Waals surface area contributed by atoms with Crippen LogP contribution >= 0.6 is 0 Å². The predicted octanol–water partition coefficient (Wildman–Crippen LogP) is 2.51. The molecule has 254 valence electrons. The Morgan fingerprint density at radius 3 is 2.29 bits per heavy atom. The first-order valence-corrected chi connectivity index (χ1v) is 18.1. The van der Waals surface area contributed by atoms with Gasteiger partial charge in [-0.3, -0.25) is 19.2 Å². The van der Waals surface area contributed by atoms with Crippen LogP contribution in [0.25, 0.3) is 0 Å². The van der Waals surface area contributed by atoms with Crippen LogP contribution in [0.1, 0.15) is 86.0 Å². The molecule has 12 nitrogen and oxygen atoms in total. The molecule has 5 atom stereocenters. The van der Waals surface area contributed by atoms with Gasteiger partial charge in [-0.15, -0.1) is 6.58 Å². The van der Waals surface area contributed by atoms with Crippen LogP contribution in [0.5, 0.6) is 0 Å². The molecule has 1 heterocycles. The highest BCUT2D eigenvalue weighted by atomic mass is 32.2. The van der Waals surface area contributed by atoms with Gasteiger partial charge in [0, 0.05) is 19.3 Å². The van der Waals surface area contributed by atoms with Crippen molar-refractivity contribution < 1.29 is 37.1 Å². The molecular weight excluding hydrogens is 600 g/mol. The smallest absolute Gasteiger partial charge is 0.408 e. The maximum Gasteiger partial charge on any atom is 0.408 e. The number of carbonyl (C=O) groups is 5. The van der Waals surface area contributed by atoms with Crippen LogP contribution in [0.2, 0.25) is 0 Å². The largest absolute Gasteiger partial charge is 0.444 e. The summed E-state index contributed by atoms with van der Waals surface area (Å²) in [7, 11) is -3.21. The van der Waals surface area contributed by atoms with Gasteiger partial charge < -0.3 is 25.6 Å². The molecule has 3 fully saturated rings. The number of hydrogen-bond acceptors (Lipinski definition) is 8. The zero-order valence-electron chi connectivity index (χ0n) is 27.6. The van der Waals surface area contributed by atoms with Crippen molar-refractivity contribution in [2.75, 3.05) is 25.1 Å². The van der Waals surface area contributed by atoms with Crippen LogP contribution < -0.4 is 16.0 Å². The quantitative estimate of drug-likeness (QED) is 0.146. The Morgan fingerprint density at radius 1 is 1.07 bits per heavy atom. The molecule has 45 heavy (non-hydrogen) atoms. The van der Waals surface area contributed by atoms with E-state index in [1.807, 2.05) is 13.8 Å². The summed E-state index contributed by atoms with van der Waals surface area (Å²) in [4.78, 5) is 68.5. The summed E-state index contributed by atoms with van der Waals surface area (Å²) in [5.41, 5.74) is -0.950. The number of ether oxygens (including phenoxy) is 1. The van der Waals surface area contributed by atoms with E-state index in [9.17, 15) is 32.4 Å². The second-order valence-electron chi connectivity index (χ2n) is 14.4. The summed E-state index contributed by atoms with van der Waals surface area (Å²) in [6.45, 7) is 13.4. The number of carbonyl (C=O) groups excluding carboxylic acids is 5. The van der Waals surface area contributed by atoms with Crippen molar-refractivity contribution in [3.05, 3.63) is 12.7 Å². The molecule has 0 bridgehead atoms. The van der Waals surface area contributed by atoms with E-state index < -0.39 is 57.3 Å². The van der Waals surface area contributed by atoms with E-state index in [2.05, 4.69) is 22.5 Å². The monoisotopic (exact) mass is 652 g/mol. The Kier molecular flexibility index (Phi) is 11.9. The van der Waals surface area contributed by atoms with Gasteiger partial charge >= 0.3 is 6.09 Å². The fourth-order valence-electron chi connectivity index (χ4n) is 6.87. The molecule has 4 amide bonds. The van der Waals surface area contributed by atoms with Gasteiger partial charge in [0.25, 0.3) is 5.91 Å². The molecule has 3 N–H and O–H groups in total. The van der Waals surface area contributed by atoms with Crippen molar-refractivity contribution >= 4 is 39.4 Å². The van der Waals surface area contributed by atoms with Crippen LogP contribution in [-0.2, 0) is 33.8 Å². The highest BCUT2D eigenvalue weighted by Crippen LogP contribution is 2.65. The van der Waals surface area contributed by atoms with Crippen molar-refractivity contribution in [2.45, 2.75) is 110 Å². The molecule has 0 aromatic rings. The van der Waals surface area contributed by atoms with Gasteiger partial charge in [-0.05, 0) is 76.0 Å². The number of nitrogens with zero attached hydrogens (tertiary/aromatic N) is 1. The maximum absolute atomic E-state index is 14.2. The first kappa shape index (κ1) is 36.5. The number of sulfone groups is 1. The van der Waals surface area contributed by atoms with Crippen LogP contribution in [-0.4, -0.2) is 91.7 Å². The maximum atomic E-state index is 14.2. The van der Waals surface area contributed by atoms with E-state index in [-0.39, 0.29) is 54.2 Å². The van der Waals surface area contributed by atoms with E-state index >= 15 is 0 Å². The topological polar surface area (TPSA) is 168 Å². The van der Waals surface area contributed by atoms with Crippen molar-refractivity contribution in [1.29, 1.82) is 0 Å². The first-order chi connectivity index (χ1) is 20.9. The number of nitrogens with one attached hydrogen (secondary N) is 3. The molecule has 0 radical (unpaired) electrons. The summed E-state index contributed by atoms with van der Waals surface area (Å²) in [5.74, 6) is -2.92. The SMILES string of the molecule is C=CCCC(NC(=O)[C@@H]1[C@@H]2[C@H](CN1C(=O)[C@@H](NC(=O)OC(C)(C)C)C1CCCCC1)C2(C)C)C(=O)C(=O)NCCCS(C)(=O)=O. The van der Waals surface area contributed by atoms with E-state index in [1.54, 1.807) is 31.7 Å². The number of allylic oxidation sites excluding steroid dienone is 1. The number of hydrogen-bond donors (Lipinski definition) is 3. The minimum atomic E-state index is -3.21. The lowest BCUT2D eigenvalue weighted by molar-refractivity contribution is -0.145. The minimum Gasteiger partial charge on any atom is -0.444 e. The first-order valence-electron chi connectivity index (χ1n) is 16.1. The van der Waals surface area contributed by atoms with Crippen molar-refractivity contribution in [3.8, 4) is 0 Å². The van der Waals surface area contributed by atoms with Crippen LogP contribution in [0, 0.1) is 23.2 Å². The number of rotatable bonds is 14. The zero-order chi connectivity index (χ0) is 33.7. The number of ketones is 1. The third-order valence-corrected chi connectivity index (χ3v) is 10.3. The highest BCUT2D eigenvalue weighted by Gasteiger charge is 2.69. The number of alkyl carbamates (subject to hydrolysis) is 1. The Labute approximate surface area is 267 Å². The van der Waals surface area contributed by atoms with Crippen LogP contribution in [0.15, 0.2) is 12.7 Å². The summed E-state index contributed by atoms with van der Waals surface area (Å²) in [6, 6.07) is -2.88. The third kappa shape index (κ3) is 9.76. The fourth-order valence-corrected chi connectivity index (χ4v) is 7.54. The molecule has 3 rings (SSSR count). The molecule has 1 unspecified atom stereocenters. The van der Waals surface area contributed by atoms with Gasteiger partial charge in [-0.1, -0.05) is 39.2 Å². The summed E-state index contributed by atoms with van der Waals surface area (Å²) in [6.07, 6.45) is 7.11. The molecule has 2 saturated carbocycles. The minimum absolute atomic E-state index is 0.00415. The Bertz CT molecular complexity index is 1250. The number of amides is 4. The lowest BCUT2D eigenvalue weighted by Crippen LogP contribution is -2.59. The number of Topliss-reactive ketones (excluding diaryl/α,β-unsaturated/α-hetero) is 1. The Balaban J connectivity index is 1.79. The number of fused-ring (bicyclic) bond motifs is 1. The number of piperidine rings is 1. The second kappa shape index (κ2) is 14.6. The van der Waals surface area contributed by atoms with Gasteiger partial charge in [0.1, 0.15) is 27.5 Å². The average molecular weight is 653 g/mol. The van der Waals surface area contributed by atoms with E-state index in [4.69, 9.17) is 4.74 Å². The van der Waals surface area contributed by atoms with Crippen molar-refractivity contribution in [1.82, 2.24) is 20.9 Å². The van der Waals surface area contributed by atoms with Gasteiger partial charge in [0.15, 0.2) is 0 Å². The Morgan fingerprint density at radius 2 is 1.71 bits per heavy atom. The van der Waals surface area contributed by atoms with Gasteiger partial charge in [-0.2, -0.15) is 0 Å². The molecule has 1 aliphatic heterocycles. The van der Waals surface area contributed by atoms with Gasteiger partial charge in [0.2, 0.25) is 17.6 Å². The fraction of sp³-hybridized carbons (Fsp3) is 0.781. The van der Waals surface area contributed by atoms with Gasteiger partial charge in [0.05, 0.1) is 11.8 Å². The Hall–Kier alpha value is -2.96. The normalized spacial score (nSPS) is 24.0. The van der Waals surface area contributed by atoms with Crippen LogP contribution in [0.3, 0.4) is 0 Å². The average Bonchev–Trinajstić information content (AvgIpc) is 3.26. The summed E-state index contributed by atoms with van der Waals surface area (Å²) in [5, 5.41) is 8.04. The van der Waals surface area contributed by atoms with Crippen molar-refractivity contribution in [2.24, 2.45) is 23.2 Å². The molecular formula is C32H52N4O8S. The molecule has 13 heteroatoms. The second-order valence-corrected chi connectivity index (χ2v) is 16.7. The van der Waals surface area contributed by atoms with E-state index in [0.29, 0.717) is 13.0 Å². The van der Waals surface area contributed by atoms with Crippen LogP contribution in [0.4, 0.5) is 4.79 Å². The highest BCUT2D eigenvalue weighted by molar-refractivity contribution is 7.90. The lowest BCUT2D eigenvalue weighted by Gasteiger charge is -2.37. The summed E-state index contributed by atoms with van der Waals surface area (Å²) >= 11 is 0.